The summed E-state index contributed by atoms with van der Waals surface area (Å²) in [6, 6.07) is 8.88. The predicted molar refractivity (Wildman–Crippen MR) is 148 cm³/mol. The van der Waals surface area contributed by atoms with Crippen molar-refractivity contribution in [2.75, 3.05) is 18.5 Å². The number of carbonyl (C=O) groups excluding carboxylic acids is 3. The highest BCUT2D eigenvalue weighted by Crippen LogP contribution is 2.30. The largest absolute Gasteiger partial charge is 0.506 e. The fourth-order valence-corrected chi connectivity index (χ4v) is 4.24. The number of aliphatic hydroxyl groups is 1. The minimum absolute atomic E-state index is 0.0180. The van der Waals surface area contributed by atoms with Crippen LogP contribution in [0.3, 0.4) is 0 Å². The Morgan fingerprint density at radius 1 is 1.03 bits per heavy atom. The summed E-state index contributed by atoms with van der Waals surface area (Å²) in [5.74, 6) is 0.125. The Balaban J connectivity index is 1.51. The van der Waals surface area contributed by atoms with Crippen molar-refractivity contribution < 1.29 is 33.7 Å². The maximum Gasteiger partial charge on any atom is 0.303 e. The number of amides is 2. The SMILES string of the molecule is CC(=O)OCC(=O)Nc1cc(C)c(OC2C=CC(O)=C(NC(=O)CCCOc3ccc(Cl)cc3C)C2)c(C)c1. The topological polar surface area (TPSA) is 123 Å². The lowest BCUT2D eigenvalue weighted by molar-refractivity contribution is -0.144. The lowest BCUT2D eigenvalue weighted by Crippen LogP contribution is -2.30. The van der Waals surface area contributed by atoms with Crippen LogP contribution in [0.5, 0.6) is 11.5 Å². The zero-order chi connectivity index (χ0) is 28.5. The normalized spacial score (nSPS) is 14.5. The van der Waals surface area contributed by atoms with E-state index in [1.54, 1.807) is 30.3 Å². The van der Waals surface area contributed by atoms with Crippen molar-refractivity contribution >= 4 is 35.1 Å². The number of nitrogens with one attached hydrogen (secondary N) is 2. The van der Waals surface area contributed by atoms with Gasteiger partial charge in [-0.25, -0.2) is 0 Å². The van der Waals surface area contributed by atoms with Gasteiger partial charge in [-0.1, -0.05) is 11.6 Å². The molecule has 3 rings (SSSR count). The van der Waals surface area contributed by atoms with Gasteiger partial charge in [0.25, 0.3) is 5.91 Å². The van der Waals surface area contributed by atoms with Crippen LogP contribution in [0.4, 0.5) is 5.69 Å². The average molecular weight is 557 g/mol. The summed E-state index contributed by atoms with van der Waals surface area (Å²) in [5.41, 5.74) is 3.42. The Morgan fingerprint density at radius 3 is 2.41 bits per heavy atom. The molecule has 0 saturated heterocycles. The molecule has 0 radical (unpaired) electrons. The first-order chi connectivity index (χ1) is 18.5. The van der Waals surface area contributed by atoms with Crippen LogP contribution < -0.4 is 20.1 Å². The lowest BCUT2D eigenvalue weighted by Gasteiger charge is -2.24. The Labute approximate surface area is 232 Å². The Hall–Kier alpha value is -3.98. The summed E-state index contributed by atoms with van der Waals surface area (Å²) in [6.45, 7) is 6.84. The third-order valence-electron chi connectivity index (χ3n) is 5.84. The summed E-state index contributed by atoms with van der Waals surface area (Å²) in [7, 11) is 0. The molecule has 1 aliphatic rings. The molecule has 1 aliphatic carbocycles. The number of aryl methyl sites for hydroxylation is 3. The summed E-state index contributed by atoms with van der Waals surface area (Å²) in [6.07, 6.45) is 3.80. The summed E-state index contributed by atoms with van der Waals surface area (Å²) in [4.78, 5) is 35.4. The first kappa shape index (κ1) is 29.6. The monoisotopic (exact) mass is 556 g/mol. The standard InChI is InChI=1S/C29H33ClN2O7/c1-17-12-21(30)7-10-26(17)37-11-5-6-27(35)32-24-15-23(8-9-25(24)34)39-29-18(2)13-22(14-19(29)3)31-28(36)16-38-20(4)33/h7-10,12-14,23,34H,5-6,11,15-16H2,1-4H3,(H,31,36)(H,32,35). The van der Waals surface area contributed by atoms with Crippen LogP contribution in [-0.2, 0) is 19.1 Å². The van der Waals surface area contributed by atoms with Gasteiger partial charge in [0, 0.05) is 30.5 Å². The molecule has 2 amide bonds. The van der Waals surface area contributed by atoms with E-state index < -0.39 is 18.0 Å². The minimum Gasteiger partial charge on any atom is -0.506 e. The van der Waals surface area contributed by atoms with Gasteiger partial charge in [0.2, 0.25) is 5.91 Å². The van der Waals surface area contributed by atoms with E-state index in [4.69, 9.17) is 25.8 Å². The number of hydrogen-bond acceptors (Lipinski definition) is 7. The molecule has 39 heavy (non-hydrogen) atoms. The number of aliphatic hydroxyl groups excluding tert-OH is 1. The van der Waals surface area contributed by atoms with Gasteiger partial charge in [-0.05, 0) is 86.4 Å². The van der Waals surface area contributed by atoms with Gasteiger partial charge in [-0.15, -0.1) is 0 Å². The Bertz CT molecular complexity index is 1280. The van der Waals surface area contributed by atoms with E-state index in [9.17, 15) is 19.5 Å². The molecule has 0 heterocycles. The second-order valence-electron chi connectivity index (χ2n) is 9.26. The number of carbonyl (C=O) groups is 3. The van der Waals surface area contributed by atoms with Gasteiger partial charge in [0.05, 0.1) is 12.3 Å². The summed E-state index contributed by atoms with van der Waals surface area (Å²) in [5, 5.41) is 16.4. The number of ether oxygens (including phenoxy) is 3. The van der Waals surface area contributed by atoms with E-state index >= 15 is 0 Å². The molecule has 10 heteroatoms. The second kappa shape index (κ2) is 13.7. The van der Waals surface area contributed by atoms with E-state index in [1.807, 2.05) is 26.8 Å². The minimum atomic E-state index is -0.532. The molecule has 9 nitrogen and oxygen atoms in total. The number of allylic oxidation sites excluding steroid dienone is 1. The molecule has 1 unspecified atom stereocenters. The lowest BCUT2D eigenvalue weighted by atomic mass is 10.0. The molecule has 3 N–H and O–H groups in total. The molecule has 0 fully saturated rings. The number of hydrogen-bond donors (Lipinski definition) is 3. The number of anilines is 1. The highest BCUT2D eigenvalue weighted by Gasteiger charge is 2.21. The van der Waals surface area contributed by atoms with Crippen LogP contribution in [0.15, 0.2) is 53.9 Å². The smallest absolute Gasteiger partial charge is 0.303 e. The van der Waals surface area contributed by atoms with Crippen molar-refractivity contribution in [3.8, 4) is 11.5 Å². The maximum absolute atomic E-state index is 12.5. The van der Waals surface area contributed by atoms with Crippen LogP contribution in [0.25, 0.3) is 0 Å². The fourth-order valence-electron chi connectivity index (χ4n) is 4.01. The first-order valence-electron chi connectivity index (χ1n) is 12.5. The van der Waals surface area contributed by atoms with Crippen LogP contribution in [0, 0.1) is 20.8 Å². The third kappa shape index (κ3) is 9.07. The van der Waals surface area contributed by atoms with Crippen molar-refractivity contribution in [1.29, 1.82) is 0 Å². The van der Waals surface area contributed by atoms with Gasteiger partial charge in [-0.3, -0.25) is 14.4 Å². The molecular weight excluding hydrogens is 524 g/mol. The Kier molecular flexibility index (Phi) is 10.4. The molecular formula is C29H33ClN2O7. The predicted octanol–water partition coefficient (Wildman–Crippen LogP) is 5.22. The molecule has 0 bridgehead atoms. The maximum atomic E-state index is 12.5. The molecule has 208 valence electrons. The van der Waals surface area contributed by atoms with E-state index in [0.29, 0.717) is 35.2 Å². The highest BCUT2D eigenvalue weighted by molar-refractivity contribution is 6.30. The zero-order valence-corrected chi connectivity index (χ0v) is 23.2. The molecule has 1 atom stereocenters. The van der Waals surface area contributed by atoms with Crippen molar-refractivity contribution in [3.05, 3.63) is 75.7 Å². The van der Waals surface area contributed by atoms with Crippen molar-refractivity contribution in [2.24, 2.45) is 0 Å². The van der Waals surface area contributed by atoms with Crippen molar-refractivity contribution in [1.82, 2.24) is 5.32 Å². The molecule has 0 saturated carbocycles. The number of benzene rings is 2. The number of esters is 1. The van der Waals surface area contributed by atoms with Crippen LogP contribution in [-0.4, -0.2) is 42.2 Å². The van der Waals surface area contributed by atoms with Crippen molar-refractivity contribution in [3.63, 3.8) is 0 Å². The van der Waals surface area contributed by atoms with Gasteiger partial charge in [-0.2, -0.15) is 0 Å². The van der Waals surface area contributed by atoms with E-state index in [1.165, 1.54) is 13.0 Å². The van der Waals surface area contributed by atoms with E-state index in [2.05, 4.69) is 10.6 Å². The molecule has 0 aliphatic heterocycles. The molecule has 2 aromatic rings. The van der Waals surface area contributed by atoms with Crippen LogP contribution >= 0.6 is 11.6 Å². The number of rotatable bonds is 11. The molecule has 0 aromatic heterocycles. The third-order valence-corrected chi connectivity index (χ3v) is 6.07. The highest BCUT2D eigenvalue weighted by atomic mass is 35.5. The van der Waals surface area contributed by atoms with Crippen molar-refractivity contribution in [2.45, 2.75) is 53.1 Å². The average Bonchev–Trinajstić information content (AvgIpc) is 2.86. The molecule has 2 aromatic carbocycles. The quantitative estimate of drug-likeness (QED) is 0.256. The first-order valence-corrected chi connectivity index (χ1v) is 12.9. The molecule has 0 spiro atoms. The zero-order valence-electron chi connectivity index (χ0n) is 22.4. The van der Waals surface area contributed by atoms with Gasteiger partial charge in [0.15, 0.2) is 6.61 Å². The van der Waals surface area contributed by atoms with E-state index in [0.717, 1.165) is 22.4 Å². The Morgan fingerprint density at radius 2 is 1.74 bits per heavy atom. The van der Waals surface area contributed by atoms with Gasteiger partial charge >= 0.3 is 5.97 Å². The van der Waals surface area contributed by atoms with Crippen LogP contribution in [0.2, 0.25) is 5.02 Å². The summed E-state index contributed by atoms with van der Waals surface area (Å²) < 4.78 is 16.6. The second-order valence-corrected chi connectivity index (χ2v) is 9.70. The van der Waals surface area contributed by atoms with Gasteiger partial charge < -0.3 is 30.0 Å². The van der Waals surface area contributed by atoms with Gasteiger partial charge in [0.1, 0.15) is 23.4 Å². The van der Waals surface area contributed by atoms with E-state index in [-0.39, 0.29) is 31.1 Å². The fraction of sp³-hybridized carbons (Fsp3) is 0.345. The van der Waals surface area contributed by atoms with Crippen LogP contribution in [0.1, 0.15) is 42.9 Å². The number of halogens is 1. The summed E-state index contributed by atoms with van der Waals surface area (Å²) >= 11 is 5.96.